The van der Waals surface area contributed by atoms with E-state index in [1.165, 1.54) is 6.26 Å². The Balaban J connectivity index is 0.00000576. The summed E-state index contributed by atoms with van der Waals surface area (Å²) in [5, 5.41) is 6.31. The summed E-state index contributed by atoms with van der Waals surface area (Å²) in [6.07, 6.45) is 1.72. The van der Waals surface area contributed by atoms with Crippen LogP contribution < -0.4 is 20.1 Å². The molecule has 0 saturated heterocycles. The van der Waals surface area contributed by atoms with Crippen molar-refractivity contribution in [2.24, 2.45) is 4.99 Å². The van der Waals surface area contributed by atoms with E-state index in [1.807, 2.05) is 32.0 Å². The van der Waals surface area contributed by atoms with Gasteiger partial charge in [0.15, 0.2) is 17.5 Å². The van der Waals surface area contributed by atoms with Crippen LogP contribution in [0, 0.1) is 0 Å². The molecule has 0 saturated carbocycles. The number of rotatable bonds is 9. The molecule has 2 N–H and O–H groups in total. The van der Waals surface area contributed by atoms with Crippen LogP contribution in [0.4, 0.5) is 5.69 Å². The maximum absolute atomic E-state index is 11.1. The third-order valence-electron chi connectivity index (χ3n) is 3.01. The Morgan fingerprint density at radius 1 is 1.24 bits per heavy atom. The Kier molecular flexibility index (Phi) is 11.6. The van der Waals surface area contributed by atoms with Gasteiger partial charge in [0, 0.05) is 31.1 Å². The number of halogens is 1. The highest BCUT2D eigenvalue weighted by molar-refractivity contribution is 14.0. The molecule has 0 aliphatic rings. The number of aliphatic imine (C=N–C) groups is 1. The van der Waals surface area contributed by atoms with E-state index in [9.17, 15) is 8.42 Å². The van der Waals surface area contributed by atoms with Gasteiger partial charge in [-0.3, -0.25) is 4.99 Å². The normalized spacial score (nSPS) is 11.4. The summed E-state index contributed by atoms with van der Waals surface area (Å²) in [6.45, 7) is 5.54. The molecule has 1 aromatic carbocycles. The number of sulfone groups is 1. The quantitative estimate of drug-likeness (QED) is 0.242. The first-order valence-corrected chi connectivity index (χ1v) is 9.99. The third-order valence-corrected chi connectivity index (χ3v) is 4.04. The Morgan fingerprint density at radius 3 is 2.52 bits per heavy atom. The van der Waals surface area contributed by atoms with Crippen LogP contribution in [0.15, 0.2) is 23.2 Å². The molecule has 1 aromatic rings. The van der Waals surface area contributed by atoms with E-state index in [0.29, 0.717) is 43.6 Å². The van der Waals surface area contributed by atoms with E-state index in [4.69, 9.17) is 9.47 Å². The summed E-state index contributed by atoms with van der Waals surface area (Å²) < 4.78 is 33.1. The fourth-order valence-corrected chi connectivity index (χ4v) is 2.64. The number of nitrogens with one attached hydrogen (secondary N) is 2. The monoisotopic (exact) mass is 485 g/mol. The van der Waals surface area contributed by atoms with E-state index < -0.39 is 9.84 Å². The molecule has 0 fully saturated rings. The molecule has 144 valence electrons. The Hall–Kier alpha value is -1.23. The number of benzene rings is 1. The van der Waals surface area contributed by atoms with E-state index in [-0.39, 0.29) is 29.7 Å². The van der Waals surface area contributed by atoms with Gasteiger partial charge >= 0.3 is 0 Å². The summed E-state index contributed by atoms with van der Waals surface area (Å²) in [6, 6.07) is 5.52. The molecular formula is C16H28IN3O4S. The second kappa shape index (κ2) is 12.2. The molecule has 0 amide bonds. The molecule has 0 heterocycles. The number of hydrogen-bond acceptors (Lipinski definition) is 5. The molecule has 0 aliphatic carbocycles. The number of methoxy groups -OCH3 is 1. The predicted octanol–water partition coefficient (Wildman–Crippen LogP) is 2.52. The lowest BCUT2D eigenvalue weighted by Crippen LogP contribution is -2.30. The lowest BCUT2D eigenvalue weighted by atomic mass is 10.2. The molecule has 25 heavy (non-hydrogen) atoms. The molecule has 0 aromatic heterocycles. The Bertz CT molecular complexity index is 651. The zero-order chi connectivity index (χ0) is 18.0. The van der Waals surface area contributed by atoms with Gasteiger partial charge < -0.3 is 20.1 Å². The minimum Gasteiger partial charge on any atom is -0.493 e. The van der Waals surface area contributed by atoms with Crippen molar-refractivity contribution < 1.29 is 17.9 Å². The van der Waals surface area contributed by atoms with Gasteiger partial charge in [-0.1, -0.05) is 0 Å². The number of anilines is 1. The Morgan fingerprint density at radius 2 is 1.96 bits per heavy atom. The largest absolute Gasteiger partial charge is 0.493 e. The molecule has 0 spiro atoms. The van der Waals surface area contributed by atoms with Crippen LogP contribution in [0.2, 0.25) is 0 Å². The van der Waals surface area contributed by atoms with Gasteiger partial charge in [0.25, 0.3) is 0 Å². The summed E-state index contributed by atoms with van der Waals surface area (Å²) in [5.41, 5.74) is 0.807. The zero-order valence-corrected chi connectivity index (χ0v) is 18.3. The highest BCUT2D eigenvalue weighted by atomic mass is 127. The van der Waals surface area contributed by atoms with Crippen molar-refractivity contribution in [2.75, 3.05) is 44.1 Å². The number of ether oxygens (including phenoxy) is 2. The molecule has 0 aliphatic heterocycles. The van der Waals surface area contributed by atoms with Crippen LogP contribution in [0.25, 0.3) is 0 Å². The van der Waals surface area contributed by atoms with Crippen molar-refractivity contribution in [1.82, 2.24) is 5.32 Å². The first-order chi connectivity index (χ1) is 11.4. The van der Waals surface area contributed by atoms with Crippen LogP contribution in [-0.4, -0.2) is 53.2 Å². The van der Waals surface area contributed by atoms with Crippen molar-refractivity contribution in [3.63, 3.8) is 0 Å². The summed E-state index contributed by atoms with van der Waals surface area (Å²) >= 11 is 0. The summed E-state index contributed by atoms with van der Waals surface area (Å²) in [4.78, 5) is 4.39. The molecular weight excluding hydrogens is 457 g/mol. The van der Waals surface area contributed by atoms with Gasteiger partial charge in [-0.15, -0.1) is 24.0 Å². The fourth-order valence-electron chi connectivity index (χ4n) is 1.98. The third kappa shape index (κ3) is 9.73. The predicted molar refractivity (Wildman–Crippen MR) is 114 cm³/mol. The highest BCUT2D eigenvalue weighted by Crippen LogP contribution is 2.30. The van der Waals surface area contributed by atoms with Gasteiger partial charge in [0.1, 0.15) is 9.84 Å². The maximum Gasteiger partial charge on any atom is 0.195 e. The average Bonchev–Trinajstić information content (AvgIpc) is 2.51. The molecule has 0 radical (unpaired) electrons. The van der Waals surface area contributed by atoms with Gasteiger partial charge in [0.2, 0.25) is 0 Å². The summed E-state index contributed by atoms with van der Waals surface area (Å²) in [7, 11) is -1.36. The van der Waals surface area contributed by atoms with Crippen molar-refractivity contribution in [3.8, 4) is 11.5 Å². The minimum absolute atomic E-state index is 0. The molecule has 7 nitrogen and oxygen atoms in total. The summed E-state index contributed by atoms with van der Waals surface area (Å²) in [5.74, 6) is 2.04. The van der Waals surface area contributed by atoms with Crippen LogP contribution in [0.3, 0.4) is 0 Å². The molecule has 0 unspecified atom stereocenters. The van der Waals surface area contributed by atoms with Gasteiger partial charge in [0.05, 0.1) is 19.5 Å². The molecule has 1 rings (SSSR count). The van der Waals surface area contributed by atoms with Gasteiger partial charge in [-0.25, -0.2) is 8.42 Å². The van der Waals surface area contributed by atoms with Gasteiger partial charge in [-0.05, 0) is 32.4 Å². The second-order valence-electron chi connectivity index (χ2n) is 5.17. The topological polar surface area (TPSA) is 89.0 Å². The van der Waals surface area contributed by atoms with E-state index in [0.717, 1.165) is 5.69 Å². The van der Waals surface area contributed by atoms with E-state index in [1.54, 1.807) is 7.11 Å². The maximum atomic E-state index is 11.1. The first kappa shape index (κ1) is 23.8. The van der Waals surface area contributed by atoms with Crippen LogP contribution in [0.1, 0.15) is 20.3 Å². The first-order valence-electron chi connectivity index (χ1n) is 7.93. The minimum atomic E-state index is -2.95. The smallest absolute Gasteiger partial charge is 0.195 e. The van der Waals surface area contributed by atoms with Crippen LogP contribution in [-0.2, 0) is 9.84 Å². The molecule has 9 heteroatoms. The lowest BCUT2D eigenvalue weighted by Gasteiger charge is -2.14. The van der Waals surface area contributed by atoms with Crippen molar-refractivity contribution in [2.45, 2.75) is 20.3 Å². The van der Waals surface area contributed by atoms with Crippen LogP contribution >= 0.6 is 24.0 Å². The van der Waals surface area contributed by atoms with Crippen molar-refractivity contribution in [1.29, 1.82) is 0 Å². The average molecular weight is 485 g/mol. The fraction of sp³-hybridized carbons (Fsp3) is 0.562. The highest BCUT2D eigenvalue weighted by Gasteiger charge is 2.07. The SMILES string of the molecule is CCNC(=NCCCS(C)(=O)=O)Nc1ccc(OC)c(OCC)c1.I. The zero-order valence-electron chi connectivity index (χ0n) is 15.2. The van der Waals surface area contributed by atoms with E-state index in [2.05, 4.69) is 15.6 Å². The molecule has 0 bridgehead atoms. The van der Waals surface area contributed by atoms with Gasteiger partial charge in [-0.2, -0.15) is 0 Å². The Labute approximate surface area is 167 Å². The molecule has 0 atom stereocenters. The number of hydrogen-bond donors (Lipinski definition) is 2. The van der Waals surface area contributed by atoms with E-state index >= 15 is 0 Å². The second-order valence-corrected chi connectivity index (χ2v) is 7.43. The van der Waals surface area contributed by atoms with Crippen molar-refractivity contribution in [3.05, 3.63) is 18.2 Å². The number of guanidine groups is 1. The van der Waals surface area contributed by atoms with Crippen LogP contribution in [0.5, 0.6) is 11.5 Å². The number of nitrogens with zero attached hydrogens (tertiary/aromatic N) is 1. The standard InChI is InChI=1S/C16H27N3O4S.HI/c1-5-17-16(18-10-7-11-24(4,20)21)19-13-8-9-14(22-3)15(12-13)23-6-2;/h8-9,12H,5-7,10-11H2,1-4H3,(H2,17,18,19);1H. The van der Waals surface area contributed by atoms with Crippen molar-refractivity contribution >= 4 is 45.5 Å². The lowest BCUT2D eigenvalue weighted by molar-refractivity contribution is 0.311.